The third kappa shape index (κ3) is 7.64. The molecule has 0 bridgehead atoms. The van der Waals surface area contributed by atoms with E-state index in [1.54, 1.807) is 14.2 Å². The third-order valence-corrected chi connectivity index (χ3v) is 8.15. The van der Waals surface area contributed by atoms with Crippen molar-refractivity contribution in [1.29, 1.82) is 0 Å². The predicted octanol–water partition coefficient (Wildman–Crippen LogP) is 6.32. The standard InChI is InChI=1S/C31H43NO5/c1-31(2,36-4)15-12-24-10-11-26(35-3)19-29(24)32-16-13-22(14-17-32)21-37-27-7-5-6-25(18-27)28(20-30(33)34)23-8-9-23/h5-7,10-11,18-19,22-23,28H,8-9,12-17,20-21H2,1-4H3,(H,33,34). The van der Waals surface area contributed by atoms with Crippen LogP contribution in [0.1, 0.15) is 69.4 Å². The number of benzene rings is 2. The van der Waals surface area contributed by atoms with Gasteiger partial charge in [0.2, 0.25) is 0 Å². The number of carboxylic acid groups (broad SMARTS) is 1. The van der Waals surface area contributed by atoms with Crippen molar-refractivity contribution in [3.63, 3.8) is 0 Å². The Labute approximate surface area is 221 Å². The van der Waals surface area contributed by atoms with Gasteiger partial charge in [-0.15, -0.1) is 0 Å². The minimum Gasteiger partial charge on any atom is -0.497 e. The van der Waals surface area contributed by atoms with Gasteiger partial charge in [0.1, 0.15) is 11.5 Å². The lowest BCUT2D eigenvalue weighted by molar-refractivity contribution is -0.137. The number of piperidine rings is 1. The number of methoxy groups -OCH3 is 2. The minimum absolute atomic E-state index is 0.0933. The van der Waals surface area contributed by atoms with Crippen LogP contribution in [0.3, 0.4) is 0 Å². The number of anilines is 1. The average molecular weight is 510 g/mol. The number of rotatable bonds is 13. The predicted molar refractivity (Wildman–Crippen MR) is 147 cm³/mol. The van der Waals surface area contributed by atoms with E-state index in [0.717, 1.165) is 68.7 Å². The summed E-state index contributed by atoms with van der Waals surface area (Å²) in [6.07, 6.45) is 6.51. The van der Waals surface area contributed by atoms with Crippen molar-refractivity contribution >= 4 is 11.7 Å². The number of carboxylic acids is 1. The first-order valence-electron chi connectivity index (χ1n) is 13.7. The average Bonchev–Trinajstić information content (AvgIpc) is 3.75. The van der Waals surface area contributed by atoms with E-state index in [0.29, 0.717) is 18.4 Å². The molecule has 202 valence electrons. The largest absolute Gasteiger partial charge is 0.497 e. The Morgan fingerprint density at radius 2 is 1.81 bits per heavy atom. The molecule has 1 unspecified atom stereocenters. The van der Waals surface area contributed by atoms with E-state index in [1.165, 1.54) is 11.3 Å². The maximum atomic E-state index is 11.4. The molecule has 1 saturated carbocycles. The van der Waals surface area contributed by atoms with E-state index in [2.05, 4.69) is 49.1 Å². The summed E-state index contributed by atoms with van der Waals surface area (Å²) < 4.78 is 17.4. The fraction of sp³-hybridized carbons (Fsp3) is 0.581. The lowest BCUT2D eigenvalue weighted by Crippen LogP contribution is -2.36. The van der Waals surface area contributed by atoms with E-state index in [4.69, 9.17) is 14.2 Å². The third-order valence-electron chi connectivity index (χ3n) is 8.15. The van der Waals surface area contributed by atoms with Crippen LogP contribution in [0.25, 0.3) is 0 Å². The van der Waals surface area contributed by atoms with Gasteiger partial charge in [-0.3, -0.25) is 4.79 Å². The SMILES string of the molecule is COc1ccc(CCC(C)(C)OC)c(N2CCC(COc3cccc(C(CC(=O)O)C4CC4)c3)CC2)c1. The van der Waals surface area contributed by atoms with Gasteiger partial charge in [0.25, 0.3) is 0 Å². The second kappa shape index (κ2) is 12.2. The topological polar surface area (TPSA) is 68.2 Å². The van der Waals surface area contributed by atoms with Crippen molar-refractivity contribution in [2.24, 2.45) is 11.8 Å². The molecule has 0 aromatic heterocycles. The molecular formula is C31H43NO5. The Hall–Kier alpha value is -2.73. The molecule has 2 aromatic rings. The number of nitrogens with zero attached hydrogens (tertiary/aromatic N) is 1. The molecule has 1 N–H and O–H groups in total. The van der Waals surface area contributed by atoms with Gasteiger partial charge in [-0.25, -0.2) is 0 Å². The monoisotopic (exact) mass is 509 g/mol. The lowest BCUT2D eigenvalue weighted by atomic mass is 9.91. The van der Waals surface area contributed by atoms with Crippen LogP contribution in [-0.4, -0.2) is 50.6 Å². The smallest absolute Gasteiger partial charge is 0.303 e. The Morgan fingerprint density at radius 1 is 1.05 bits per heavy atom. The van der Waals surface area contributed by atoms with E-state index in [-0.39, 0.29) is 17.9 Å². The molecule has 1 atom stereocenters. The molecule has 37 heavy (non-hydrogen) atoms. The molecular weight excluding hydrogens is 466 g/mol. The van der Waals surface area contributed by atoms with Crippen LogP contribution in [-0.2, 0) is 16.0 Å². The fourth-order valence-corrected chi connectivity index (χ4v) is 5.35. The van der Waals surface area contributed by atoms with Crippen molar-refractivity contribution in [2.45, 2.75) is 70.3 Å². The van der Waals surface area contributed by atoms with Gasteiger partial charge in [0, 0.05) is 32.0 Å². The zero-order valence-electron chi connectivity index (χ0n) is 22.9. The van der Waals surface area contributed by atoms with Crippen LogP contribution in [0.2, 0.25) is 0 Å². The summed E-state index contributed by atoms with van der Waals surface area (Å²) in [5, 5.41) is 9.34. The number of ether oxygens (including phenoxy) is 3. The van der Waals surface area contributed by atoms with Crippen LogP contribution < -0.4 is 14.4 Å². The highest BCUT2D eigenvalue weighted by atomic mass is 16.5. The second-order valence-electron chi connectivity index (χ2n) is 11.3. The highest BCUT2D eigenvalue weighted by Gasteiger charge is 2.34. The summed E-state index contributed by atoms with van der Waals surface area (Å²) >= 11 is 0. The summed E-state index contributed by atoms with van der Waals surface area (Å²) in [5.41, 5.74) is 3.55. The normalized spacial score (nSPS) is 17.5. The Kier molecular flexibility index (Phi) is 9.01. The first-order chi connectivity index (χ1) is 17.8. The lowest BCUT2D eigenvalue weighted by Gasteiger charge is -2.35. The fourth-order valence-electron chi connectivity index (χ4n) is 5.35. The van der Waals surface area contributed by atoms with E-state index < -0.39 is 5.97 Å². The summed E-state index contributed by atoms with van der Waals surface area (Å²) in [5.74, 6) is 2.11. The Morgan fingerprint density at radius 3 is 2.46 bits per heavy atom. The molecule has 2 aliphatic rings. The van der Waals surface area contributed by atoms with Crippen LogP contribution in [0.15, 0.2) is 42.5 Å². The van der Waals surface area contributed by atoms with Crippen LogP contribution >= 0.6 is 0 Å². The molecule has 2 fully saturated rings. The Bertz CT molecular complexity index is 1040. The summed E-state index contributed by atoms with van der Waals surface area (Å²) in [4.78, 5) is 13.9. The summed E-state index contributed by atoms with van der Waals surface area (Å²) in [6, 6.07) is 14.5. The highest BCUT2D eigenvalue weighted by molar-refractivity contribution is 5.68. The second-order valence-corrected chi connectivity index (χ2v) is 11.3. The van der Waals surface area contributed by atoms with Crippen LogP contribution in [0.5, 0.6) is 11.5 Å². The van der Waals surface area contributed by atoms with Crippen molar-refractivity contribution in [2.75, 3.05) is 38.8 Å². The van der Waals surface area contributed by atoms with E-state index in [9.17, 15) is 9.90 Å². The molecule has 2 aromatic carbocycles. The number of aliphatic carboxylic acids is 1. The van der Waals surface area contributed by atoms with E-state index in [1.807, 2.05) is 12.1 Å². The van der Waals surface area contributed by atoms with Crippen LogP contribution in [0.4, 0.5) is 5.69 Å². The van der Waals surface area contributed by atoms with Crippen molar-refractivity contribution in [3.05, 3.63) is 53.6 Å². The van der Waals surface area contributed by atoms with Gasteiger partial charge in [-0.05, 0) is 99.5 Å². The maximum Gasteiger partial charge on any atom is 0.303 e. The molecule has 6 heteroatoms. The first-order valence-corrected chi connectivity index (χ1v) is 13.7. The number of hydrogen-bond acceptors (Lipinski definition) is 5. The summed E-state index contributed by atoms with van der Waals surface area (Å²) in [7, 11) is 3.50. The molecule has 0 amide bonds. The molecule has 1 aliphatic heterocycles. The Balaban J connectivity index is 1.34. The van der Waals surface area contributed by atoms with Gasteiger partial charge in [0.15, 0.2) is 0 Å². The number of carbonyl (C=O) groups is 1. The van der Waals surface area contributed by atoms with Gasteiger partial charge >= 0.3 is 5.97 Å². The van der Waals surface area contributed by atoms with Crippen molar-refractivity contribution in [1.82, 2.24) is 0 Å². The molecule has 6 nitrogen and oxygen atoms in total. The van der Waals surface area contributed by atoms with Gasteiger partial charge in [-0.2, -0.15) is 0 Å². The van der Waals surface area contributed by atoms with Crippen molar-refractivity contribution < 1.29 is 24.1 Å². The molecule has 0 spiro atoms. The zero-order chi connectivity index (χ0) is 26.4. The molecule has 1 aliphatic carbocycles. The maximum absolute atomic E-state index is 11.4. The zero-order valence-corrected chi connectivity index (χ0v) is 22.9. The number of hydrogen-bond donors (Lipinski definition) is 1. The summed E-state index contributed by atoms with van der Waals surface area (Å²) in [6.45, 7) is 6.94. The van der Waals surface area contributed by atoms with Gasteiger partial charge < -0.3 is 24.2 Å². The highest BCUT2D eigenvalue weighted by Crippen LogP contribution is 2.45. The minimum atomic E-state index is -0.725. The first kappa shape index (κ1) is 27.3. The quantitative estimate of drug-likeness (QED) is 0.341. The van der Waals surface area contributed by atoms with Crippen LogP contribution in [0, 0.1) is 11.8 Å². The molecule has 1 heterocycles. The molecule has 4 rings (SSSR count). The van der Waals surface area contributed by atoms with Gasteiger partial charge in [-0.1, -0.05) is 18.2 Å². The van der Waals surface area contributed by atoms with E-state index >= 15 is 0 Å². The van der Waals surface area contributed by atoms with Crippen molar-refractivity contribution in [3.8, 4) is 11.5 Å². The van der Waals surface area contributed by atoms with Gasteiger partial charge in [0.05, 0.1) is 25.7 Å². The molecule has 0 radical (unpaired) electrons. The number of aryl methyl sites for hydroxylation is 1. The molecule has 1 saturated heterocycles.